The molecule has 0 aliphatic carbocycles. The lowest BCUT2D eigenvalue weighted by atomic mass is 10.1. The fourth-order valence-corrected chi connectivity index (χ4v) is 1.54. The van der Waals surface area contributed by atoms with Crippen molar-refractivity contribution in [1.29, 1.82) is 0 Å². The maximum Gasteiger partial charge on any atom is 0.117 e. The highest BCUT2D eigenvalue weighted by Gasteiger charge is 2.34. The Bertz CT molecular complexity index is 140. The van der Waals surface area contributed by atoms with E-state index in [2.05, 4.69) is 19.2 Å². The first-order valence-corrected chi connectivity index (χ1v) is 4.74. The van der Waals surface area contributed by atoms with E-state index in [1.165, 1.54) is 12.8 Å². The van der Waals surface area contributed by atoms with Crippen LogP contribution in [0.3, 0.4) is 0 Å². The van der Waals surface area contributed by atoms with E-state index in [-0.39, 0.29) is 18.4 Å². The smallest absolute Gasteiger partial charge is 0.117 e. The number of ether oxygens (including phenoxy) is 1. The van der Waals surface area contributed by atoms with Gasteiger partial charge in [-0.15, -0.1) is 0 Å². The van der Waals surface area contributed by atoms with Crippen molar-refractivity contribution < 1.29 is 9.84 Å². The van der Waals surface area contributed by atoms with Gasteiger partial charge in [-0.3, -0.25) is 5.32 Å². The molecule has 1 heterocycles. The molecule has 1 fully saturated rings. The number of rotatable bonds is 4. The molecule has 2 atom stereocenters. The molecule has 0 bridgehead atoms. The highest BCUT2D eigenvalue weighted by atomic mass is 16.5. The number of nitrogens with one attached hydrogen (secondary N) is 1. The van der Waals surface area contributed by atoms with E-state index < -0.39 is 0 Å². The van der Waals surface area contributed by atoms with Gasteiger partial charge in [-0.2, -0.15) is 0 Å². The first-order valence-electron chi connectivity index (χ1n) is 4.74. The van der Waals surface area contributed by atoms with Gasteiger partial charge in [0.25, 0.3) is 0 Å². The van der Waals surface area contributed by atoms with Crippen LogP contribution in [0.25, 0.3) is 0 Å². The van der Waals surface area contributed by atoms with Crippen molar-refractivity contribution >= 4 is 0 Å². The Hall–Kier alpha value is -0.120. The van der Waals surface area contributed by atoms with Gasteiger partial charge in [-0.05, 0) is 19.8 Å². The molecule has 0 aromatic carbocycles. The fourth-order valence-electron chi connectivity index (χ4n) is 1.54. The minimum absolute atomic E-state index is 0.00754. The van der Waals surface area contributed by atoms with Gasteiger partial charge in [-0.1, -0.05) is 13.3 Å². The maximum atomic E-state index is 8.86. The quantitative estimate of drug-likeness (QED) is 0.663. The summed E-state index contributed by atoms with van der Waals surface area (Å²) in [5, 5.41) is 12.1. The molecule has 1 aliphatic heterocycles. The summed E-state index contributed by atoms with van der Waals surface area (Å²) in [5.74, 6) is 0. The van der Waals surface area contributed by atoms with Crippen LogP contribution in [0.2, 0.25) is 0 Å². The van der Waals surface area contributed by atoms with Gasteiger partial charge in [0.1, 0.15) is 5.72 Å². The first kappa shape index (κ1) is 9.96. The zero-order valence-corrected chi connectivity index (χ0v) is 7.97. The van der Waals surface area contributed by atoms with Crippen LogP contribution < -0.4 is 5.32 Å². The van der Waals surface area contributed by atoms with Gasteiger partial charge in [0.05, 0.1) is 12.7 Å². The summed E-state index contributed by atoms with van der Waals surface area (Å²) in [6, 6.07) is 0. The second-order valence-electron chi connectivity index (χ2n) is 3.64. The van der Waals surface area contributed by atoms with Crippen LogP contribution in [0.5, 0.6) is 0 Å². The predicted molar refractivity (Wildman–Crippen MR) is 47.9 cm³/mol. The molecule has 1 saturated heterocycles. The molecule has 1 aliphatic rings. The lowest BCUT2D eigenvalue weighted by Crippen LogP contribution is -2.37. The molecule has 2 unspecified atom stereocenters. The van der Waals surface area contributed by atoms with Crippen molar-refractivity contribution in [3.63, 3.8) is 0 Å². The number of hydrogen-bond donors (Lipinski definition) is 2. The summed E-state index contributed by atoms with van der Waals surface area (Å²) in [5.41, 5.74) is -0.191. The third-order valence-electron chi connectivity index (χ3n) is 2.34. The molecule has 0 amide bonds. The number of aliphatic hydroxyl groups excluding tert-OH is 1. The van der Waals surface area contributed by atoms with E-state index in [1.807, 2.05) is 0 Å². The van der Waals surface area contributed by atoms with E-state index in [1.54, 1.807) is 0 Å². The molecule has 0 spiro atoms. The molecule has 12 heavy (non-hydrogen) atoms. The average Bonchev–Trinajstić information content (AvgIpc) is 2.45. The van der Waals surface area contributed by atoms with E-state index in [4.69, 9.17) is 9.84 Å². The van der Waals surface area contributed by atoms with E-state index in [0.29, 0.717) is 0 Å². The Labute approximate surface area is 74.1 Å². The molecular weight excluding hydrogens is 154 g/mol. The summed E-state index contributed by atoms with van der Waals surface area (Å²) in [6.45, 7) is 5.12. The lowest BCUT2D eigenvalue weighted by Gasteiger charge is -2.24. The Morgan fingerprint density at radius 3 is 2.92 bits per heavy atom. The Balaban J connectivity index is 2.31. The van der Waals surface area contributed by atoms with Crippen LogP contribution in [-0.2, 0) is 4.74 Å². The van der Waals surface area contributed by atoms with Crippen LogP contribution in [-0.4, -0.2) is 30.1 Å². The molecule has 0 radical (unpaired) electrons. The average molecular weight is 173 g/mol. The first-order chi connectivity index (χ1) is 5.70. The molecular formula is C9H19NO2. The predicted octanol–water partition coefficient (Wildman–Crippen LogP) is 0.873. The molecule has 72 valence electrons. The Morgan fingerprint density at radius 2 is 2.42 bits per heavy atom. The third-order valence-corrected chi connectivity index (χ3v) is 2.34. The van der Waals surface area contributed by atoms with Gasteiger partial charge < -0.3 is 9.84 Å². The molecule has 0 aromatic heterocycles. The summed E-state index contributed by atoms with van der Waals surface area (Å²) in [7, 11) is 0. The lowest BCUT2D eigenvalue weighted by molar-refractivity contribution is -0.0597. The van der Waals surface area contributed by atoms with Gasteiger partial charge >= 0.3 is 0 Å². The molecule has 0 aromatic rings. The van der Waals surface area contributed by atoms with E-state index in [9.17, 15) is 0 Å². The van der Waals surface area contributed by atoms with Gasteiger partial charge in [0.15, 0.2) is 0 Å². The summed E-state index contributed by atoms with van der Waals surface area (Å²) in [4.78, 5) is 0. The molecule has 3 heteroatoms. The van der Waals surface area contributed by atoms with Crippen molar-refractivity contribution in [1.82, 2.24) is 5.32 Å². The normalized spacial score (nSPS) is 35.8. The fraction of sp³-hybridized carbons (Fsp3) is 1.00. The molecule has 0 saturated carbocycles. The highest BCUT2D eigenvalue weighted by molar-refractivity contribution is 4.82. The summed E-state index contributed by atoms with van der Waals surface area (Å²) < 4.78 is 5.64. The topological polar surface area (TPSA) is 41.5 Å². The number of hydrogen-bond acceptors (Lipinski definition) is 3. The van der Waals surface area contributed by atoms with Gasteiger partial charge in [-0.25, -0.2) is 0 Å². The van der Waals surface area contributed by atoms with Gasteiger partial charge in [0.2, 0.25) is 0 Å². The monoisotopic (exact) mass is 173 g/mol. The van der Waals surface area contributed by atoms with Crippen LogP contribution in [0.15, 0.2) is 0 Å². The standard InChI is InChI=1S/C9H19NO2/c1-3-4-5-9(2)10-6-8(7-11)12-9/h8,10-11H,3-7H2,1-2H3. The van der Waals surface area contributed by atoms with Crippen LogP contribution in [0, 0.1) is 0 Å². The minimum atomic E-state index is -0.191. The highest BCUT2D eigenvalue weighted by Crippen LogP contribution is 2.22. The van der Waals surface area contributed by atoms with Crippen molar-refractivity contribution in [2.24, 2.45) is 0 Å². The summed E-state index contributed by atoms with van der Waals surface area (Å²) >= 11 is 0. The van der Waals surface area contributed by atoms with Crippen LogP contribution >= 0.6 is 0 Å². The minimum Gasteiger partial charge on any atom is -0.394 e. The third kappa shape index (κ3) is 2.44. The van der Waals surface area contributed by atoms with Crippen molar-refractivity contribution in [3.05, 3.63) is 0 Å². The van der Waals surface area contributed by atoms with Gasteiger partial charge in [0, 0.05) is 6.54 Å². The zero-order chi connectivity index (χ0) is 9.03. The van der Waals surface area contributed by atoms with E-state index in [0.717, 1.165) is 13.0 Å². The Morgan fingerprint density at radius 1 is 1.67 bits per heavy atom. The second-order valence-corrected chi connectivity index (χ2v) is 3.64. The van der Waals surface area contributed by atoms with E-state index >= 15 is 0 Å². The van der Waals surface area contributed by atoms with Crippen molar-refractivity contribution in [2.45, 2.75) is 44.9 Å². The molecule has 3 nitrogen and oxygen atoms in total. The van der Waals surface area contributed by atoms with Crippen LogP contribution in [0.4, 0.5) is 0 Å². The molecule has 2 N–H and O–H groups in total. The Kier molecular flexibility index (Phi) is 3.50. The zero-order valence-electron chi connectivity index (χ0n) is 7.97. The van der Waals surface area contributed by atoms with Crippen molar-refractivity contribution in [2.75, 3.05) is 13.2 Å². The summed E-state index contributed by atoms with van der Waals surface area (Å²) in [6.07, 6.45) is 3.37. The number of unbranched alkanes of at least 4 members (excludes halogenated alkanes) is 1. The number of aliphatic hydroxyl groups is 1. The maximum absolute atomic E-state index is 8.86. The second kappa shape index (κ2) is 4.21. The van der Waals surface area contributed by atoms with Crippen molar-refractivity contribution in [3.8, 4) is 0 Å². The largest absolute Gasteiger partial charge is 0.394 e. The SMILES string of the molecule is CCCCC1(C)NCC(CO)O1. The van der Waals surface area contributed by atoms with Crippen LogP contribution in [0.1, 0.15) is 33.1 Å². The molecule has 1 rings (SSSR count).